The first-order chi connectivity index (χ1) is 4.33. The van der Waals surface area contributed by atoms with Crippen LogP contribution in [0.25, 0.3) is 0 Å². The van der Waals surface area contributed by atoms with Crippen molar-refractivity contribution >= 4 is 17.9 Å². The molecule has 0 atom stereocenters. The number of hydrogen-bond acceptors (Lipinski definition) is 1. The van der Waals surface area contributed by atoms with Gasteiger partial charge in [0.05, 0.1) is 0 Å². The maximum atomic E-state index is 10.1. The third kappa shape index (κ3) is 1.54. The van der Waals surface area contributed by atoms with E-state index in [2.05, 4.69) is 0 Å². The van der Waals surface area contributed by atoms with Crippen molar-refractivity contribution in [3.05, 3.63) is 34.9 Å². The molecule has 1 rings (SSSR count). The third-order valence-electron chi connectivity index (χ3n) is 1.01. The van der Waals surface area contributed by atoms with E-state index in [0.29, 0.717) is 10.6 Å². The zero-order chi connectivity index (χ0) is 6.69. The highest BCUT2D eigenvalue weighted by atomic mass is 35.5. The first-order valence-corrected chi connectivity index (χ1v) is 2.91. The molecular formula is C7H5ClO. The Balaban J connectivity index is 3.01. The standard InChI is InChI=1S/C7H5ClO/c8-7-3-1-6(5-9)2-4-7/h1-5H/i1+1,2+1,3+1,4+1,6+1,7+1. The summed E-state index contributed by atoms with van der Waals surface area (Å²) in [5, 5.41) is 0.653. The zero-order valence-corrected chi connectivity index (χ0v) is 5.43. The summed E-state index contributed by atoms with van der Waals surface area (Å²) < 4.78 is 0. The van der Waals surface area contributed by atoms with Crippen molar-refractivity contribution in [3.63, 3.8) is 0 Å². The van der Waals surface area contributed by atoms with E-state index in [9.17, 15) is 4.79 Å². The largest absolute Gasteiger partial charge is 0.298 e. The molecule has 2 heteroatoms. The van der Waals surface area contributed by atoms with Gasteiger partial charge in [0.15, 0.2) is 0 Å². The van der Waals surface area contributed by atoms with Gasteiger partial charge in [-0.25, -0.2) is 0 Å². The van der Waals surface area contributed by atoms with E-state index in [4.69, 9.17) is 11.6 Å². The molecule has 0 saturated heterocycles. The van der Waals surface area contributed by atoms with Gasteiger partial charge in [-0.2, -0.15) is 0 Å². The van der Waals surface area contributed by atoms with Crippen molar-refractivity contribution < 1.29 is 4.79 Å². The number of carbonyl (C=O) groups is 1. The fourth-order valence-electron chi connectivity index (χ4n) is 0.541. The third-order valence-corrected chi connectivity index (χ3v) is 1.26. The predicted octanol–water partition coefficient (Wildman–Crippen LogP) is 2.15. The summed E-state index contributed by atoms with van der Waals surface area (Å²) in [6, 6.07) is 6.72. The summed E-state index contributed by atoms with van der Waals surface area (Å²) >= 11 is 5.55. The molecule has 0 unspecified atom stereocenters. The highest BCUT2D eigenvalue weighted by Crippen LogP contribution is 2.07. The molecule has 0 aliphatic heterocycles. The van der Waals surface area contributed by atoms with Crippen LogP contribution < -0.4 is 0 Å². The van der Waals surface area contributed by atoms with Crippen molar-refractivity contribution in [1.29, 1.82) is 0 Å². The summed E-state index contributed by atoms with van der Waals surface area (Å²) in [5.74, 6) is 0. The lowest BCUT2D eigenvalue weighted by Crippen LogP contribution is -1.74. The van der Waals surface area contributed by atoms with Crippen molar-refractivity contribution in [2.45, 2.75) is 0 Å². The molecule has 0 N–H and O–H groups in total. The minimum atomic E-state index is 0.652. The molecule has 0 bridgehead atoms. The Hall–Kier alpha value is -0.820. The second-order valence-electron chi connectivity index (χ2n) is 1.67. The number of carbonyl (C=O) groups excluding carboxylic acids is 1. The monoisotopic (exact) mass is 146 g/mol. The molecule has 0 heterocycles. The highest BCUT2D eigenvalue weighted by Gasteiger charge is 1.86. The van der Waals surface area contributed by atoms with Gasteiger partial charge in [0.2, 0.25) is 0 Å². The molecule has 1 nitrogen and oxygen atoms in total. The van der Waals surface area contributed by atoms with Gasteiger partial charge in [-0.15, -0.1) is 0 Å². The maximum Gasteiger partial charge on any atom is 0.150 e. The van der Waals surface area contributed by atoms with Crippen LogP contribution in [0.4, 0.5) is 0 Å². The molecule has 0 radical (unpaired) electrons. The molecule has 0 spiro atoms. The van der Waals surface area contributed by atoms with Gasteiger partial charge in [0, 0.05) is 10.6 Å². The van der Waals surface area contributed by atoms with Crippen LogP contribution in [0.15, 0.2) is 24.3 Å². The van der Waals surface area contributed by atoms with Gasteiger partial charge < -0.3 is 0 Å². The number of benzene rings is 1. The lowest BCUT2D eigenvalue weighted by Gasteiger charge is -1.87. The molecule has 0 aliphatic carbocycles. The van der Waals surface area contributed by atoms with Crippen LogP contribution in [0.1, 0.15) is 10.4 Å². The molecule has 1 aromatic carbocycles. The van der Waals surface area contributed by atoms with Crippen LogP contribution in [-0.2, 0) is 0 Å². The van der Waals surface area contributed by atoms with Gasteiger partial charge in [0.25, 0.3) is 0 Å². The van der Waals surface area contributed by atoms with E-state index >= 15 is 0 Å². The molecule has 0 amide bonds. The van der Waals surface area contributed by atoms with E-state index in [0.717, 1.165) is 6.29 Å². The Morgan fingerprint density at radius 3 is 2.22 bits per heavy atom. The molecule has 0 aliphatic rings. The Morgan fingerprint density at radius 2 is 1.78 bits per heavy atom. The Labute approximate surface area is 58.3 Å². The van der Waals surface area contributed by atoms with E-state index in [1.165, 1.54) is 0 Å². The second-order valence-corrected chi connectivity index (χ2v) is 2.11. The molecule has 0 aromatic heterocycles. The Morgan fingerprint density at radius 1 is 1.22 bits per heavy atom. The van der Waals surface area contributed by atoms with Crippen molar-refractivity contribution in [2.75, 3.05) is 0 Å². The second kappa shape index (κ2) is 2.65. The Bertz CT molecular complexity index is 203. The first kappa shape index (κ1) is 6.30. The summed E-state index contributed by atoms with van der Waals surface area (Å²) in [7, 11) is 0. The minimum absolute atomic E-state index is 0.652. The smallest absolute Gasteiger partial charge is 0.150 e. The van der Waals surface area contributed by atoms with E-state index < -0.39 is 0 Å². The predicted molar refractivity (Wildman–Crippen MR) is 36.8 cm³/mol. The Kier molecular flexibility index (Phi) is 1.85. The topological polar surface area (TPSA) is 17.1 Å². The first-order valence-electron chi connectivity index (χ1n) is 2.53. The SMILES string of the molecule is O=C[13c]1[13cH][13cH][13c](Cl)[13cH][13cH]1. The van der Waals surface area contributed by atoms with E-state index in [1.54, 1.807) is 24.3 Å². The van der Waals surface area contributed by atoms with Gasteiger partial charge in [-0.3, -0.25) is 4.79 Å². The van der Waals surface area contributed by atoms with Crippen LogP contribution in [0, 0.1) is 0 Å². The fourth-order valence-corrected chi connectivity index (χ4v) is 0.667. The number of halogens is 1. The lowest BCUT2D eigenvalue weighted by atomic mass is 11.0. The van der Waals surface area contributed by atoms with Crippen LogP contribution in [-0.4, -0.2) is 6.29 Å². The van der Waals surface area contributed by atoms with Gasteiger partial charge in [0.1, 0.15) is 6.29 Å². The van der Waals surface area contributed by atoms with Crippen LogP contribution in [0.2, 0.25) is 5.02 Å². The van der Waals surface area contributed by atoms with Crippen LogP contribution >= 0.6 is 11.6 Å². The summed E-state index contributed by atoms with van der Waals surface area (Å²) in [4.78, 5) is 10.1. The number of aldehydes is 1. The minimum Gasteiger partial charge on any atom is -0.298 e. The normalized spacial score (nSPS) is 9.00. The molecular weight excluding hydrogens is 141 g/mol. The number of rotatable bonds is 1. The average molecular weight is 147 g/mol. The quantitative estimate of drug-likeness (QED) is 0.555. The number of hydrogen-bond donors (Lipinski definition) is 0. The van der Waals surface area contributed by atoms with Crippen molar-refractivity contribution in [3.8, 4) is 0 Å². The van der Waals surface area contributed by atoms with Crippen LogP contribution in [0.3, 0.4) is 0 Å². The average Bonchev–Trinajstić information content (AvgIpc) is 1.90. The molecule has 0 saturated carbocycles. The van der Waals surface area contributed by atoms with Crippen molar-refractivity contribution in [2.24, 2.45) is 0 Å². The maximum absolute atomic E-state index is 10.1. The molecule has 46 valence electrons. The molecule has 1 aromatic rings. The van der Waals surface area contributed by atoms with Crippen molar-refractivity contribution in [1.82, 2.24) is 0 Å². The van der Waals surface area contributed by atoms with Crippen LogP contribution in [0.5, 0.6) is 0 Å². The lowest BCUT2D eigenvalue weighted by molar-refractivity contribution is 0.112. The summed E-state index contributed by atoms with van der Waals surface area (Å²) in [6.07, 6.45) is 0.788. The molecule has 0 fully saturated rings. The van der Waals surface area contributed by atoms with Gasteiger partial charge in [-0.1, -0.05) is 23.7 Å². The summed E-state index contributed by atoms with van der Waals surface area (Å²) in [5.41, 5.74) is 0.652. The van der Waals surface area contributed by atoms with Gasteiger partial charge in [-0.05, 0) is 12.1 Å². The van der Waals surface area contributed by atoms with Gasteiger partial charge >= 0.3 is 0 Å². The summed E-state index contributed by atoms with van der Waals surface area (Å²) in [6.45, 7) is 0. The highest BCUT2D eigenvalue weighted by molar-refractivity contribution is 6.30. The van der Waals surface area contributed by atoms with E-state index in [-0.39, 0.29) is 0 Å². The molecule has 9 heavy (non-hydrogen) atoms. The zero-order valence-electron chi connectivity index (χ0n) is 4.67. The fraction of sp³-hybridized carbons (Fsp3) is 0. The van der Waals surface area contributed by atoms with E-state index in [1.807, 2.05) is 0 Å².